The summed E-state index contributed by atoms with van der Waals surface area (Å²) in [5.74, 6) is -0.339. The van der Waals surface area contributed by atoms with Crippen molar-refractivity contribution >= 4 is 17.6 Å². The van der Waals surface area contributed by atoms with E-state index in [1.54, 1.807) is 19.1 Å². The number of anilines is 1. The molecule has 0 spiro atoms. The number of rotatable bonds is 6. The van der Waals surface area contributed by atoms with Crippen molar-refractivity contribution in [1.29, 1.82) is 0 Å². The molecule has 0 aromatic heterocycles. The van der Waals surface area contributed by atoms with Crippen LogP contribution in [0.5, 0.6) is 5.75 Å². The van der Waals surface area contributed by atoms with Gasteiger partial charge in [-0.25, -0.2) is 4.79 Å². The summed E-state index contributed by atoms with van der Waals surface area (Å²) in [6.07, 6.45) is -0.705. The lowest BCUT2D eigenvalue weighted by Crippen LogP contribution is -2.30. The highest BCUT2D eigenvalue weighted by atomic mass is 16.5. The maximum atomic E-state index is 12.2. The van der Waals surface area contributed by atoms with Gasteiger partial charge in [0.25, 0.3) is 5.91 Å². The van der Waals surface area contributed by atoms with Crippen LogP contribution < -0.4 is 10.1 Å². The van der Waals surface area contributed by atoms with Crippen LogP contribution in [-0.2, 0) is 4.79 Å². The maximum Gasteiger partial charge on any atom is 0.335 e. The van der Waals surface area contributed by atoms with E-state index in [1.165, 1.54) is 17.7 Å². The van der Waals surface area contributed by atoms with E-state index in [0.29, 0.717) is 17.4 Å². The molecule has 1 unspecified atom stereocenters. The molecule has 2 rings (SSSR count). The number of benzene rings is 2. The lowest BCUT2D eigenvalue weighted by Gasteiger charge is -2.15. The summed E-state index contributed by atoms with van der Waals surface area (Å²) in [7, 11) is 0. The maximum absolute atomic E-state index is 12.2. The minimum absolute atomic E-state index is 0.116. The highest BCUT2D eigenvalue weighted by Gasteiger charge is 2.15. The number of carboxylic acids is 1. The zero-order valence-electron chi connectivity index (χ0n) is 13.9. The number of carbonyl (C=O) groups excluding carboxylic acids is 1. The van der Waals surface area contributed by atoms with E-state index in [2.05, 4.69) is 19.2 Å². The Balaban J connectivity index is 1.99. The molecule has 2 aromatic rings. The highest BCUT2D eigenvalue weighted by Crippen LogP contribution is 2.20. The van der Waals surface area contributed by atoms with Crippen LogP contribution in [0.2, 0.25) is 0 Å². The molecule has 1 amide bonds. The number of ether oxygens (including phenoxy) is 1. The second kappa shape index (κ2) is 7.64. The van der Waals surface area contributed by atoms with Gasteiger partial charge in [0.15, 0.2) is 6.10 Å². The number of aromatic carboxylic acids is 1. The SMILES string of the molecule is CC(Oc1ccc(C(C)C)cc1)C(=O)Nc1cccc(C(=O)O)c1. The van der Waals surface area contributed by atoms with Crippen molar-refractivity contribution in [3.05, 3.63) is 59.7 Å². The molecule has 0 saturated carbocycles. The molecule has 0 aliphatic rings. The highest BCUT2D eigenvalue weighted by molar-refractivity contribution is 5.96. The van der Waals surface area contributed by atoms with Crippen molar-refractivity contribution in [1.82, 2.24) is 0 Å². The van der Waals surface area contributed by atoms with Gasteiger partial charge in [-0.1, -0.05) is 32.0 Å². The van der Waals surface area contributed by atoms with Crippen LogP contribution in [0.25, 0.3) is 0 Å². The fourth-order valence-corrected chi connectivity index (χ4v) is 2.16. The fraction of sp³-hybridized carbons (Fsp3) is 0.263. The standard InChI is InChI=1S/C19H21NO4/c1-12(2)14-7-9-17(10-8-14)24-13(3)18(21)20-16-6-4-5-15(11-16)19(22)23/h4-13H,1-3H3,(H,20,21)(H,22,23). The number of hydrogen-bond donors (Lipinski definition) is 2. The molecular weight excluding hydrogens is 306 g/mol. The van der Waals surface area contributed by atoms with Crippen molar-refractivity contribution in [2.24, 2.45) is 0 Å². The van der Waals surface area contributed by atoms with Gasteiger partial charge in [-0.05, 0) is 48.7 Å². The Labute approximate surface area is 141 Å². The van der Waals surface area contributed by atoms with E-state index < -0.39 is 12.1 Å². The van der Waals surface area contributed by atoms with Gasteiger partial charge in [0.1, 0.15) is 5.75 Å². The molecule has 24 heavy (non-hydrogen) atoms. The third kappa shape index (κ3) is 4.59. The van der Waals surface area contributed by atoms with Crippen molar-refractivity contribution in [3.8, 4) is 5.75 Å². The molecule has 2 N–H and O–H groups in total. The zero-order chi connectivity index (χ0) is 17.7. The second-order valence-electron chi connectivity index (χ2n) is 5.86. The van der Waals surface area contributed by atoms with Crippen molar-refractivity contribution in [2.45, 2.75) is 32.8 Å². The van der Waals surface area contributed by atoms with Crippen LogP contribution in [0.3, 0.4) is 0 Å². The molecule has 0 fully saturated rings. The van der Waals surface area contributed by atoms with Crippen molar-refractivity contribution in [2.75, 3.05) is 5.32 Å². The first-order valence-corrected chi connectivity index (χ1v) is 7.77. The monoisotopic (exact) mass is 327 g/mol. The van der Waals surface area contributed by atoms with Gasteiger partial charge in [-0.3, -0.25) is 4.79 Å². The average Bonchev–Trinajstić information content (AvgIpc) is 2.55. The van der Waals surface area contributed by atoms with E-state index >= 15 is 0 Å². The average molecular weight is 327 g/mol. The first-order chi connectivity index (χ1) is 11.4. The first kappa shape index (κ1) is 17.5. The van der Waals surface area contributed by atoms with Gasteiger partial charge in [0.2, 0.25) is 0 Å². The van der Waals surface area contributed by atoms with Gasteiger partial charge in [0.05, 0.1) is 5.56 Å². The largest absolute Gasteiger partial charge is 0.481 e. The van der Waals surface area contributed by atoms with Gasteiger partial charge in [-0.15, -0.1) is 0 Å². The zero-order valence-corrected chi connectivity index (χ0v) is 13.9. The summed E-state index contributed by atoms with van der Waals surface area (Å²) in [4.78, 5) is 23.1. The number of nitrogens with one attached hydrogen (secondary N) is 1. The van der Waals surface area contributed by atoms with E-state index in [1.807, 2.05) is 24.3 Å². The Kier molecular flexibility index (Phi) is 5.58. The minimum atomic E-state index is -1.04. The molecular formula is C19H21NO4. The Morgan fingerprint density at radius 2 is 1.71 bits per heavy atom. The first-order valence-electron chi connectivity index (χ1n) is 7.77. The molecule has 2 aromatic carbocycles. The van der Waals surface area contributed by atoms with E-state index in [9.17, 15) is 9.59 Å². The second-order valence-corrected chi connectivity index (χ2v) is 5.86. The molecule has 0 bridgehead atoms. The Bertz CT molecular complexity index is 722. The van der Waals surface area contributed by atoms with Gasteiger partial charge in [0, 0.05) is 5.69 Å². The summed E-state index contributed by atoms with van der Waals surface area (Å²) < 4.78 is 5.63. The molecule has 126 valence electrons. The Morgan fingerprint density at radius 3 is 2.29 bits per heavy atom. The van der Waals surface area contributed by atoms with Gasteiger partial charge < -0.3 is 15.2 Å². The summed E-state index contributed by atoms with van der Waals surface area (Å²) in [5.41, 5.74) is 1.74. The molecule has 0 saturated heterocycles. The summed E-state index contributed by atoms with van der Waals surface area (Å²) in [5, 5.41) is 11.6. The van der Waals surface area contributed by atoms with Crippen LogP contribution in [-0.4, -0.2) is 23.1 Å². The Morgan fingerprint density at radius 1 is 1.04 bits per heavy atom. The summed E-state index contributed by atoms with van der Waals surface area (Å²) in [6.45, 7) is 5.86. The summed E-state index contributed by atoms with van der Waals surface area (Å²) >= 11 is 0. The summed E-state index contributed by atoms with van der Waals surface area (Å²) in [6, 6.07) is 13.7. The predicted octanol–water partition coefficient (Wildman–Crippen LogP) is 3.91. The third-order valence-electron chi connectivity index (χ3n) is 3.61. The Hall–Kier alpha value is -2.82. The minimum Gasteiger partial charge on any atom is -0.481 e. The van der Waals surface area contributed by atoms with Gasteiger partial charge >= 0.3 is 5.97 Å². The molecule has 0 heterocycles. The molecule has 5 nitrogen and oxygen atoms in total. The normalized spacial score (nSPS) is 11.8. The number of carboxylic acid groups (broad SMARTS) is 1. The molecule has 1 atom stereocenters. The van der Waals surface area contributed by atoms with Crippen LogP contribution in [0.15, 0.2) is 48.5 Å². The number of amides is 1. The quantitative estimate of drug-likeness (QED) is 0.843. The van der Waals surface area contributed by atoms with Crippen molar-refractivity contribution in [3.63, 3.8) is 0 Å². The smallest absolute Gasteiger partial charge is 0.335 e. The van der Waals surface area contributed by atoms with Gasteiger partial charge in [-0.2, -0.15) is 0 Å². The molecule has 0 aliphatic carbocycles. The third-order valence-corrected chi connectivity index (χ3v) is 3.61. The lowest BCUT2D eigenvalue weighted by atomic mass is 10.0. The molecule has 0 aliphatic heterocycles. The van der Waals surface area contributed by atoms with Crippen LogP contribution >= 0.6 is 0 Å². The van der Waals surface area contributed by atoms with E-state index in [0.717, 1.165) is 0 Å². The van der Waals surface area contributed by atoms with Crippen LogP contribution in [0.1, 0.15) is 42.6 Å². The fourth-order valence-electron chi connectivity index (χ4n) is 2.16. The van der Waals surface area contributed by atoms with E-state index in [-0.39, 0.29) is 11.5 Å². The predicted molar refractivity (Wildman–Crippen MR) is 92.7 cm³/mol. The number of hydrogen-bond acceptors (Lipinski definition) is 3. The van der Waals surface area contributed by atoms with Crippen molar-refractivity contribution < 1.29 is 19.4 Å². The van der Waals surface area contributed by atoms with E-state index in [4.69, 9.17) is 9.84 Å². The topological polar surface area (TPSA) is 75.6 Å². The number of carbonyl (C=O) groups is 2. The lowest BCUT2D eigenvalue weighted by molar-refractivity contribution is -0.122. The van der Waals surface area contributed by atoms with Crippen LogP contribution in [0, 0.1) is 0 Å². The molecule has 0 radical (unpaired) electrons. The van der Waals surface area contributed by atoms with Crippen LogP contribution in [0.4, 0.5) is 5.69 Å². The molecule has 5 heteroatoms.